The molecule has 0 radical (unpaired) electrons. The first-order valence-electron chi connectivity index (χ1n) is 32.3. The SMILES string of the molecule is CCCCCCCCCC/C=C\CCCCCCCCCCCCOCC(COC1OC(COC2OC(CO)C(O)C(O)C2O)C(O)C(O)C1O)OC(=O)CCCCCCCCCCCCCCCCCCCCCCC. The van der Waals surface area contributed by atoms with Gasteiger partial charge in [-0.15, -0.1) is 0 Å². The number of carbonyl (C=O) groups is 1. The quantitative estimate of drug-likeness (QED) is 0.0172. The van der Waals surface area contributed by atoms with Gasteiger partial charge in [-0.1, -0.05) is 251 Å². The molecule has 0 bridgehead atoms. The monoisotopic (exact) mass is 1100 g/mol. The third-order valence-electron chi connectivity index (χ3n) is 15.8. The van der Waals surface area contributed by atoms with Crippen molar-refractivity contribution in [2.24, 2.45) is 0 Å². The fourth-order valence-electron chi connectivity index (χ4n) is 10.6. The topological polar surface area (TPSA) is 214 Å². The molecule has 77 heavy (non-hydrogen) atoms. The maximum absolute atomic E-state index is 13.1. The van der Waals surface area contributed by atoms with Crippen LogP contribution in [0.4, 0.5) is 0 Å². The summed E-state index contributed by atoms with van der Waals surface area (Å²) in [6, 6.07) is 0. The molecule has 0 aliphatic carbocycles. The Kier molecular flexibility index (Phi) is 47.1. The molecule has 0 spiro atoms. The van der Waals surface area contributed by atoms with Crippen LogP contribution in [-0.2, 0) is 33.2 Å². The summed E-state index contributed by atoms with van der Waals surface area (Å²) < 4.78 is 34.5. The van der Waals surface area contributed by atoms with Crippen LogP contribution in [0.15, 0.2) is 12.2 Å². The van der Waals surface area contributed by atoms with Crippen molar-refractivity contribution in [3.63, 3.8) is 0 Å². The van der Waals surface area contributed by atoms with Gasteiger partial charge < -0.3 is 64.2 Å². The van der Waals surface area contributed by atoms with Gasteiger partial charge in [0.25, 0.3) is 0 Å². The number of unbranched alkanes of at least 4 members (excludes halogenated alkanes) is 38. The Labute approximate surface area is 469 Å². The highest BCUT2D eigenvalue weighted by atomic mass is 16.7. The predicted octanol–water partition coefficient (Wildman–Crippen LogP) is 12.5. The Morgan fingerprint density at radius 2 is 0.766 bits per heavy atom. The molecule has 2 heterocycles. The Morgan fingerprint density at radius 3 is 1.18 bits per heavy atom. The molecule has 2 rings (SSSR count). The van der Waals surface area contributed by atoms with Crippen molar-refractivity contribution in [1.82, 2.24) is 0 Å². The molecule has 2 fully saturated rings. The summed E-state index contributed by atoms with van der Waals surface area (Å²) in [6.45, 7) is 3.76. The minimum Gasteiger partial charge on any atom is -0.457 e. The molecule has 0 aromatic carbocycles. The Hall–Kier alpha value is -1.27. The molecule has 0 amide bonds. The van der Waals surface area contributed by atoms with E-state index in [-0.39, 0.29) is 25.6 Å². The molecule has 14 nitrogen and oxygen atoms in total. The zero-order valence-corrected chi connectivity index (χ0v) is 49.2. The van der Waals surface area contributed by atoms with Gasteiger partial charge in [-0.3, -0.25) is 4.79 Å². The second-order valence-corrected chi connectivity index (χ2v) is 22.9. The van der Waals surface area contributed by atoms with E-state index in [1.807, 2.05) is 0 Å². The summed E-state index contributed by atoms with van der Waals surface area (Å²) in [7, 11) is 0. The lowest BCUT2D eigenvalue weighted by Crippen LogP contribution is -2.61. The van der Waals surface area contributed by atoms with Crippen LogP contribution < -0.4 is 0 Å². The van der Waals surface area contributed by atoms with Crippen molar-refractivity contribution in [3.8, 4) is 0 Å². The number of hydrogen-bond donors (Lipinski definition) is 7. The van der Waals surface area contributed by atoms with Gasteiger partial charge in [-0.25, -0.2) is 0 Å². The molecule has 0 saturated carbocycles. The van der Waals surface area contributed by atoms with E-state index in [0.29, 0.717) is 13.0 Å². The zero-order chi connectivity index (χ0) is 55.8. The van der Waals surface area contributed by atoms with E-state index in [1.54, 1.807) is 0 Å². The maximum atomic E-state index is 13.1. The van der Waals surface area contributed by atoms with Crippen molar-refractivity contribution < 1.29 is 69.0 Å². The summed E-state index contributed by atoms with van der Waals surface area (Å²) in [4.78, 5) is 13.1. The summed E-state index contributed by atoms with van der Waals surface area (Å²) in [5, 5.41) is 72.5. The van der Waals surface area contributed by atoms with Crippen LogP contribution in [0.2, 0.25) is 0 Å². The number of esters is 1. The normalized spacial score (nSPS) is 24.3. The number of carbonyl (C=O) groups excluding carboxylic acids is 1. The van der Waals surface area contributed by atoms with Crippen molar-refractivity contribution >= 4 is 5.97 Å². The number of hydrogen-bond acceptors (Lipinski definition) is 14. The van der Waals surface area contributed by atoms with Gasteiger partial charge in [0.2, 0.25) is 0 Å². The van der Waals surface area contributed by atoms with E-state index < -0.39 is 80.7 Å². The molecule has 0 aromatic rings. The second kappa shape index (κ2) is 50.5. The molecular formula is C63H120O14. The van der Waals surface area contributed by atoms with Crippen molar-refractivity contribution in [3.05, 3.63) is 12.2 Å². The van der Waals surface area contributed by atoms with Gasteiger partial charge in [-0.05, 0) is 38.5 Å². The molecule has 11 unspecified atom stereocenters. The highest BCUT2D eigenvalue weighted by molar-refractivity contribution is 5.69. The summed E-state index contributed by atoms with van der Waals surface area (Å²) in [5.74, 6) is -0.368. The van der Waals surface area contributed by atoms with Crippen molar-refractivity contribution in [1.29, 1.82) is 0 Å². The Balaban J connectivity index is 1.67. The van der Waals surface area contributed by atoms with Gasteiger partial charge in [0.1, 0.15) is 54.9 Å². The summed E-state index contributed by atoms with van der Waals surface area (Å²) in [5.41, 5.74) is 0. The minimum atomic E-state index is -1.70. The van der Waals surface area contributed by atoms with E-state index >= 15 is 0 Å². The summed E-state index contributed by atoms with van der Waals surface area (Å²) in [6.07, 6.45) is 41.3. The summed E-state index contributed by atoms with van der Waals surface area (Å²) >= 11 is 0. The highest BCUT2D eigenvalue weighted by Gasteiger charge is 2.47. The lowest BCUT2D eigenvalue weighted by atomic mass is 9.98. The first kappa shape index (κ1) is 71.8. The lowest BCUT2D eigenvalue weighted by Gasteiger charge is -2.42. The van der Waals surface area contributed by atoms with Gasteiger partial charge in [-0.2, -0.15) is 0 Å². The molecule has 7 N–H and O–H groups in total. The third kappa shape index (κ3) is 36.7. The van der Waals surface area contributed by atoms with Crippen LogP contribution in [-0.4, -0.2) is 142 Å². The predicted molar refractivity (Wildman–Crippen MR) is 307 cm³/mol. The standard InChI is InChI=1S/C63H120O14/c1-3-5-7-9-11-13-15-17-19-21-23-25-27-29-31-33-35-37-39-41-43-45-47-72-49-52(50-73-62-61(71)59(69)57(67)54(77-62)51-74-63-60(70)58(68)56(66)53(48-64)76-63)75-55(65)46-44-42-40-38-36-34-32-30-28-26-24-22-20-18-16-14-12-10-8-6-4-2/h21,23,52-54,56-64,66-71H,3-20,22,24-51H2,1-2H3/b23-21-. The average molecular weight is 1100 g/mol. The average Bonchev–Trinajstić information content (AvgIpc) is 3.43. The number of ether oxygens (including phenoxy) is 6. The third-order valence-corrected chi connectivity index (χ3v) is 15.8. The fraction of sp³-hybridized carbons (Fsp3) is 0.952. The van der Waals surface area contributed by atoms with E-state index in [9.17, 15) is 40.5 Å². The zero-order valence-electron chi connectivity index (χ0n) is 49.2. The molecule has 11 atom stereocenters. The van der Waals surface area contributed by atoms with Gasteiger partial charge >= 0.3 is 5.97 Å². The molecular weight excluding hydrogens is 981 g/mol. The van der Waals surface area contributed by atoms with Gasteiger partial charge in [0.15, 0.2) is 12.6 Å². The molecule has 456 valence electrons. The first-order valence-corrected chi connectivity index (χ1v) is 32.3. The van der Waals surface area contributed by atoms with Crippen molar-refractivity contribution in [2.75, 3.05) is 33.0 Å². The molecule has 2 saturated heterocycles. The lowest BCUT2D eigenvalue weighted by molar-refractivity contribution is -0.332. The molecule has 2 aliphatic rings. The highest BCUT2D eigenvalue weighted by Crippen LogP contribution is 2.27. The minimum absolute atomic E-state index is 0.0672. The Bertz CT molecular complexity index is 1320. The van der Waals surface area contributed by atoms with E-state index in [1.165, 1.54) is 218 Å². The van der Waals surface area contributed by atoms with Crippen LogP contribution in [0.25, 0.3) is 0 Å². The fourth-order valence-corrected chi connectivity index (χ4v) is 10.6. The second-order valence-electron chi connectivity index (χ2n) is 22.9. The van der Waals surface area contributed by atoms with Crippen LogP contribution >= 0.6 is 0 Å². The number of allylic oxidation sites excluding steroid dienone is 2. The van der Waals surface area contributed by atoms with Crippen LogP contribution in [0.1, 0.15) is 284 Å². The number of aliphatic hydroxyl groups is 7. The maximum Gasteiger partial charge on any atom is 0.306 e. The van der Waals surface area contributed by atoms with Crippen LogP contribution in [0.5, 0.6) is 0 Å². The Morgan fingerprint density at radius 1 is 0.416 bits per heavy atom. The molecule has 2 aliphatic heterocycles. The smallest absolute Gasteiger partial charge is 0.306 e. The largest absolute Gasteiger partial charge is 0.457 e. The van der Waals surface area contributed by atoms with E-state index in [0.717, 1.165) is 38.5 Å². The van der Waals surface area contributed by atoms with E-state index in [2.05, 4.69) is 26.0 Å². The molecule has 0 aromatic heterocycles. The van der Waals surface area contributed by atoms with Crippen molar-refractivity contribution in [2.45, 2.75) is 351 Å². The van der Waals surface area contributed by atoms with Crippen LogP contribution in [0.3, 0.4) is 0 Å². The number of aliphatic hydroxyl groups excluding tert-OH is 7. The van der Waals surface area contributed by atoms with E-state index in [4.69, 9.17) is 28.4 Å². The number of rotatable bonds is 54. The van der Waals surface area contributed by atoms with Gasteiger partial charge in [0.05, 0.1) is 26.4 Å². The molecule has 14 heteroatoms. The van der Waals surface area contributed by atoms with Crippen LogP contribution in [0, 0.1) is 0 Å². The van der Waals surface area contributed by atoms with Gasteiger partial charge in [0, 0.05) is 13.0 Å². The first-order chi connectivity index (χ1) is 37.6.